The summed E-state index contributed by atoms with van der Waals surface area (Å²) >= 11 is 0. The Hall–Kier alpha value is -3.95. The van der Waals surface area contributed by atoms with Gasteiger partial charge in [-0.3, -0.25) is 0 Å². The van der Waals surface area contributed by atoms with E-state index in [4.69, 9.17) is 10.7 Å². The molecule has 0 aliphatic carbocycles. The molecule has 0 fully saturated rings. The van der Waals surface area contributed by atoms with Gasteiger partial charge in [-0.25, -0.2) is 15.0 Å². The number of aryl methyl sites for hydroxylation is 2. The number of benzene rings is 1. The fourth-order valence-corrected chi connectivity index (χ4v) is 3.67. The molecule has 0 aliphatic heterocycles. The van der Waals surface area contributed by atoms with E-state index >= 15 is 0 Å². The zero-order valence-electron chi connectivity index (χ0n) is 17.1. The van der Waals surface area contributed by atoms with Crippen LogP contribution in [0.2, 0.25) is 0 Å². The maximum Gasteiger partial charge on any atom is 0.179 e. The van der Waals surface area contributed by atoms with Gasteiger partial charge in [0.25, 0.3) is 0 Å². The van der Waals surface area contributed by atoms with Crippen LogP contribution in [-0.4, -0.2) is 49.6 Å². The van der Waals surface area contributed by atoms with E-state index in [9.17, 15) is 10.5 Å². The Balaban J connectivity index is 2.00. The maximum atomic E-state index is 9.45. The first-order valence-corrected chi connectivity index (χ1v) is 9.52. The Morgan fingerprint density at radius 2 is 1.77 bits per heavy atom. The van der Waals surface area contributed by atoms with Crippen molar-refractivity contribution < 1.29 is 0 Å². The van der Waals surface area contributed by atoms with Crippen molar-refractivity contribution in [1.82, 2.24) is 29.0 Å². The minimum atomic E-state index is -0.0181. The molecule has 3 aromatic heterocycles. The summed E-state index contributed by atoms with van der Waals surface area (Å²) in [5.41, 5.74) is 9.96. The fraction of sp³-hybridized carbons (Fsp3) is 0.286. The van der Waals surface area contributed by atoms with Crippen LogP contribution in [0.15, 0.2) is 24.3 Å². The second-order valence-corrected chi connectivity index (χ2v) is 7.37. The number of hydrogen-bond donors (Lipinski definition) is 1. The molecule has 0 atom stereocenters. The summed E-state index contributed by atoms with van der Waals surface area (Å²) in [7, 11) is 5.94. The van der Waals surface area contributed by atoms with Gasteiger partial charge < -0.3 is 19.8 Å². The lowest BCUT2D eigenvalue weighted by Gasteiger charge is -2.11. The average Bonchev–Trinajstić information content (AvgIpc) is 3.20. The lowest BCUT2D eigenvalue weighted by atomic mass is 10.2. The number of nitrogens with two attached hydrogens (primary N) is 1. The second-order valence-electron chi connectivity index (χ2n) is 7.37. The summed E-state index contributed by atoms with van der Waals surface area (Å²) in [4.78, 5) is 15.8. The molecular formula is C21H21N9. The Kier molecular flexibility index (Phi) is 4.82. The normalized spacial score (nSPS) is 11.3. The summed E-state index contributed by atoms with van der Waals surface area (Å²) in [5, 5.41) is 18.9. The highest BCUT2D eigenvalue weighted by molar-refractivity contribution is 5.99. The van der Waals surface area contributed by atoms with Crippen molar-refractivity contribution >= 4 is 28.0 Å². The van der Waals surface area contributed by atoms with Crippen LogP contribution in [0.3, 0.4) is 0 Å². The third kappa shape index (κ3) is 3.02. The lowest BCUT2D eigenvalue weighted by molar-refractivity contribution is 0.388. The van der Waals surface area contributed by atoms with Crippen LogP contribution in [0.25, 0.3) is 33.6 Å². The Morgan fingerprint density at radius 3 is 2.43 bits per heavy atom. The summed E-state index contributed by atoms with van der Waals surface area (Å²) in [5.74, 6) is 1.12. The molecule has 3 heterocycles. The number of nitriles is 2. The fourth-order valence-electron chi connectivity index (χ4n) is 3.67. The number of nitrogen functional groups attached to an aromatic ring is 1. The van der Waals surface area contributed by atoms with Gasteiger partial charge in [-0.1, -0.05) is 12.1 Å². The number of rotatable bonds is 5. The van der Waals surface area contributed by atoms with E-state index in [2.05, 4.69) is 14.9 Å². The first-order chi connectivity index (χ1) is 14.5. The first-order valence-electron chi connectivity index (χ1n) is 9.52. The van der Waals surface area contributed by atoms with Gasteiger partial charge >= 0.3 is 0 Å². The van der Waals surface area contributed by atoms with E-state index in [1.165, 1.54) is 0 Å². The molecule has 1 aromatic carbocycles. The minimum Gasteiger partial charge on any atom is -0.384 e. The van der Waals surface area contributed by atoms with Gasteiger partial charge in [0.1, 0.15) is 29.3 Å². The summed E-state index contributed by atoms with van der Waals surface area (Å²) in [6.07, 6.45) is 0.840. The largest absolute Gasteiger partial charge is 0.384 e. The second kappa shape index (κ2) is 7.47. The van der Waals surface area contributed by atoms with Crippen LogP contribution in [0.5, 0.6) is 0 Å². The van der Waals surface area contributed by atoms with Crippen molar-refractivity contribution in [1.29, 1.82) is 10.5 Å². The number of fused-ring (bicyclic) bond motifs is 2. The highest BCUT2D eigenvalue weighted by atomic mass is 15.1. The van der Waals surface area contributed by atoms with Gasteiger partial charge in [-0.15, -0.1) is 0 Å². The van der Waals surface area contributed by atoms with E-state index in [1.807, 2.05) is 66.7 Å². The van der Waals surface area contributed by atoms with Crippen molar-refractivity contribution in [2.24, 2.45) is 7.05 Å². The van der Waals surface area contributed by atoms with Crippen molar-refractivity contribution in [2.45, 2.75) is 13.0 Å². The molecule has 0 aliphatic rings. The van der Waals surface area contributed by atoms with Gasteiger partial charge in [0, 0.05) is 13.6 Å². The third-order valence-electron chi connectivity index (χ3n) is 5.13. The van der Waals surface area contributed by atoms with Gasteiger partial charge in [-0.2, -0.15) is 10.5 Å². The number of aromatic nitrogens is 5. The predicted molar refractivity (Wildman–Crippen MR) is 114 cm³/mol. The first kappa shape index (κ1) is 19.4. The molecule has 0 spiro atoms. The van der Waals surface area contributed by atoms with Gasteiger partial charge in [0.2, 0.25) is 0 Å². The van der Waals surface area contributed by atoms with Gasteiger partial charge in [0.15, 0.2) is 17.0 Å². The molecule has 150 valence electrons. The van der Waals surface area contributed by atoms with Crippen LogP contribution in [0.1, 0.15) is 17.8 Å². The molecular weight excluding hydrogens is 378 g/mol. The number of anilines is 1. The topological polar surface area (TPSA) is 125 Å². The molecule has 0 saturated carbocycles. The third-order valence-corrected chi connectivity index (χ3v) is 5.13. The summed E-state index contributed by atoms with van der Waals surface area (Å²) in [6.45, 7) is 1.48. The highest BCUT2D eigenvalue weighted by Crippen LogP contribution is 2.36. The SMILES string of the molecule is CN(C)CCCn1c(N)c(-c2nc3ccccc3n2C)c2nc(C#N)c(C#N)nc21. The Morgan fingerprint density at radius 1 is 1.07 bits per heavy atom. The molecule has 9 heteroatoms. The molecule has 0 saturated heterocycles. The standard InChI is InChI=1S/C21H21N9/c1-28(2)9-6-10-30-19(24)17(18-21(30)27-15(12-23)14(11-22)25-18)20-26-13-7-4-5-8-16(13)29(20)3/h4-5,7-8H,6,9-10,24H2,1-3H3. The molecule has 0 bridgehead atoms. The molecule has 30 heavy (non-hydrogen) atoms. The van der Waals surface area contributed by atoms with E-state index in [-0.39, 0.29) is 11.4 Å². The smallest absolute Gasteiger partial charge is 0.179 e. The van der Waals surface area contributed by atoms with Crippen LogP contribution in [0.4, 0.5) is 5.82 Å². The zero-order chi connectivity index (χ0) is 21.4. The van der Waals surface area contributed by atoms with Crippen molar-refractivity contribution in [3.63, 3.8) is 0 Å². The zero-order valence-corrected chi connectivity index (χ0v) is 17.1. The number of hydrogen-bond acceptors (Lipinski definition) is 7. The predicted octanol–water partition coefficient (Wildman–Crippen LogP) is 2.26. The van der Waals surface area contributed by atoms with Gasteiger partial charge in [-0.05, 0) is 39.2 Å². The average molecular weight is 399 g/mol. The maximum absolute atomic E-state index is 9.45. The van der Waals surface area contributed by atoms with E-state index in [0.717, 1.165) is 24.0 Å². The number of nitrogens with zero attached hydrogens (tertiary/aromatic N) is 8. The number of para-hydroxylation sites is 2. The molecule has 4 rings (SSSR count). The lowest BCUT2D eigenvalue weighted by Crippen LogP contribution is -2.16. The number of imidazole rings is 1. The monoisotopic (exact) mass is 399 g/mol. The van der Waals surface area contributed by atoms with Crippen molar-refractivity contribution in [3.05, 3.63) is 35.7 Å². The van der Waals surface area contributed by atoms with E-state index in [1.54, 1.807) is 0 Å². The van der Waals surface area contributed by atoms with Crippen molar-refractivity contribution in [2.75, 3.05) is 26.4 Å². The molecule has 0 radical (unpaired) electrons. The molecule has 9 nitrogen and oxygen atoms in total. The molecule has 0 amide bonds. The Bertz CT molecular complexity index is 1350. The molecule has 4 aromatic rings. The summed E-state index contributed by atoms with van der Waals surface area (Å²) in [6, 6.07) is 11.7. The summed E-state index contributed by atoms with van der Waals surface area (Å²) < 4.78 is 3.82. The molecule has 0 unspecified atom stereocenters. The van der Waals surface area contributed by atoms with Crippen LogP contribution >= 0.6 is 0 Å². The van der Waals surface area contributed by atoms with Crippen LogP contribution in [-0.2, 0) is 13.6 Å². The van der Waals surface area contributed by atoms with Gasteiger partial charge in [0.05, 0.1) is 16.6 Å². The van der Waals surface area contributed by atoms with E-state index < -0.39 is 0 Å². The van der Waals surface area contributed by atoms with Crippen LogP contribution < -0.4 is 5.73 Å². The van der Waals surface area contributed by atoms with Crippen molar-refractivity contribution in [3.8, 4) is 23.5 Å². The highest BCUT2D eigenvalue weighted by Gasteiger charge is 2.25. The Labute approximate surface area is 173 Å². The quantitative estimate of drug-likeness (QED) is 0.545. The van der Waals surface area contributed by atoms with Crippen LogP contribution in [0, 0.1) is 22.7 Å². The minimum absolute atomic E-state index is 0.00656. The van der Waals surface area contributed by atoms with E-state index in [0.29, 0.717) is 34.9 Å². The molecule has 2 N–H and O–H groups in total.